The predicted molar refractivity (Wildman–Crippen MR) is 79.8 cm³/mol. The molecule has 1 aromatic heterocycles. The molecule has 0 aliphatic carbocycles. The molecular formula is C13H24N4O3S. The number of hydrogen-bond acceptors (Lipinski definition) is 5. The molecule has 0 spiro atoms. The minimum Gasteiger partial charge on any atom is -0.445 e. The maximum atomic E-state index is 12.3. The first-order valence-corrected chi connectivity index (χ1v) is 8.82. The van der Waals surface area contributed by atoms with E-state index < -0.39 is 10.2 Å². The van der Waals surface area contributed by atoms with Gasteiger partial charge in [0.1, 0.15) is 5.76 Å². The van der Waals surface area contributed by atoms with Crippen molar-refractivity contribution in [2.75, 3.05) is 26.2 Å². The Hall–Kier alpha value is -0.960. The van der Waals surface area contributed by atoms with Crippen molar-refractivity contribution in [1.29, 1.82) is 0 Å². The second kappa shape index (κ2) is 7.35. The van der Waals surface area contributed by atoms with Gasteiger partial charge in [-0.25, -0.2) is 4.98 Å². The fraction of sp³-hybridized carbons (Fsp3) is 0.769. The Morgan fingerprint density at radius 1 is 1.52 bits per heavy atom. The SMILES string of the molecule is CCNCC1CCCN(S(=O)(=O)NCc2ncc(C)o2)C1. The van der Waals surface area contributed by atoms with Crippen molar-refractivity contribution in [1.82, 2.24) is 19.3 Å². The second-order valence-electron chi connectivity index (χ2n) is 5.36. The Morgan fingerprint density at radius 2 is 2.33 bits per heavy atom. The van der Waals surface area contributed by atoms with Crippen molar-refractivity contribution < 1.29 is 12.8 Å². The molecule has 1 fully saturated rings. The molecule has 7 nitrogen and oxygen atoms in total. The standard InChI is InChI=1S/C13H24N4O3S/c1-3-14-8-12-5-4-6-17(10-12)21(18,19)16-9-13-15-7-11(2)20-13/h7,12,14,16H,3-6,8-10H2,1-2H3. The molecule has 1 atom stereocenters. The molecule has 0 radical (unpaired) electrons. The average Bonchev–Trinajstić information content (AvgIpc) is 2.89. The van der Waals surface area contributed by atoms with E-state index in [1.54, 1.807) is 13.1 Å². The topological polar surface area (TPSA) is 87.5 Å². The van der Waals surface area contributed by atoms with Crippen molar-refractivity contribution >= 4 is 10.2 Å². The van der Waals surface area contributed by atoms with Gasteiger partial charge in [-0.2, -0.15) is 17.4 Å². The van der Waals surface area contributed by atoms with Crippen molar-refractivity contribution in [3.8, 4) is 0 Å². The fourth-order valence-electron chi connectivity index (χ4n) is 2.49. The third-order valence-electron chi connectivity index (χ3n) is 3.58. The predicted octanol–water partition coefficient (Wildman–Crippen LogP) is 0.639. The number of piperidine rings is 1. The van der Waals surface area contributed by atoms with Gasteiger partial charge in [0.05, 0.1) is 12.7 Å². The lowest BCUT2D eigenvalue weighted by atomic mass is 10.00. The number of nitrogens with one attached hydrogen (secondary N) is 2. The van der Waals surface area contributed by atoms with Crippen LogP contribution >= 0.6 is 0 Å². The zero-order valence-electron chi connectivity index (χ0n) is 12.6. The quantitative estimate of drug-likeness (QED) is 0.771. The van der Waals surface area contributed by atoms with Gasteiger partial charge in [0.25, 0.3) is 10.2 Å². The van der Waals surface area contributed by atoms with Gasteiger partial charge in [-0.3, -0.25) is 0 Å². The Labute approximate surface area is 126 Å². The summed E-state index contributed by atoms with van der Waals surface area (Å²) in [6.45, 7) is 6.82. The van der Waals surface area contributed by atoms with E-state index in [2.05, 4.69) is 21.9 Å². The highest BCUT2D eigenvalue weighted by Gasteiger charge is 2.28. The molecule has 0 saturated carbocycles. The summed E-state index contributed by atoms with van der Waals surface area (Å²) in [6.07, 6.45) is 3.55. The third-order valence-corrected chi connectivity index (χ3v) is 5.10. The Kier molecular flexibility index (Phi) is 5.74. The van der Waals surface area contributed by atoms with Crippen LogP contribution in [0.15, 0.2) is 10.6 Å². The Morgan fingerprint density at radius 3 is 3.00 bits per heavy atom. The van der Waals surface area contributed by atoms with E-state index in [1.807, 2.05) is 0 Å². The lowest BCUT2D eigenvalue weighted by Crippen LogP contribution is -2.47. The van der Waals surface area contributed by atoms with E-state index in [4.69, 9.17) is 4.42 Å². The van der Waals surface area contributed by atoms with Crippen LogP contribution in [0.5, 0.6) is 0 Å². The summed E-state index contributed by atoms with van der Waals surface area (Å²) in [6, 6.07) is 0. The van der Waals surface area contributed by atoms with Crippen molar-refractivity contribution in [3.63, 3.8) is 0 Å². The molecule has 0 aromatic carbocycles. The van der Waals surface area contributed by atoms with Gasteiger partial charge in [0.15, 0.2) is 0 Å². The number of rotatable bonds is 7. The van der Waals surface area contributed by atoms with E-state index in [0.717, 1.165) is 25.9 Å². The van der Waals surface area contributed by atoms with Gasteiger partial charge in [-0.1, -0.05) is 6.92 Å². The second-order valence-corrected chi connectivity index (χ2v) is 7.12. The van der Waals surface area contributed by atoms with Crippen LogP contribution in [0.3, 0.4) is 0 Å². The van der Waals surface area contributed by atoms with Crippen LogP contribution < -0.4 is 10.0 Å². The average molecular weight is 316 g/mol. The largest absolute Gasteiger partial charge is 0.445 e. The van der Waals surface area contributed by atoms with E-state index in [1.165, 1.54) is 4.31 Å². The summed E-state index contributed by atoms with van der Waals surface area (Å²) in [7, 11) is -3.47. The van der Waals surface area contributed by atoms with Crippen LogP contribution in [0.2, 0.25) is 0 Å². The molecule has 120 valence electrons. The Balaban J connectivity index is 1.89. The van der Waals surface area contributed by atoms with Gasteiger partial charge in [-0.15, -0.1) is 0 Å². The molecule has 1 aliphatic rings. The van der Waals surface area contributed by atoms with Crippen LogP contribution in [-0.4, -0.2) is 43.9 Å². The molecular weight excluding hydrogens is 292 g/mol. The van der Waals surface area contributed by atoms with Gasteiger partial charge in [0, 0.05) is 13.1 Å². The molecule has 2 rings (SSSR count). The van der Waals surface area contributed by atoms with Crippen LogP contribution in [0.1, 0.15) is 31.4 Å². The monoisotopic (exact) mass is 316 g/mol. The molecule has 1 unspecified atom stereocenters. The highest BCUT2D eigenvalue weighted by molar-refractivity contribution is 7.87. The lowest BCUT2D eigenvalue weighted by Gasteiger charge is -2.31. The first-order chi connectivity index (χ1) is 10.0. The summed E-state index contributed by atoms with van der Waals surface area (Å²) in [5.74, 6) is 1.43. The van der Waals surface area contributed by atoms with Crippen molar-refractivity contribution in [2.24, 2.45) is 5.92 Å². The minimum absolute atomic E-state index is 0.0878. The summed E-state index contributed by atoms with van der Waals surface area (Å²) in [5, 5.41) is 3.28. The number of aromatic nitrogens is 1. The normalized spacial score (nSPS) is 20.8. The van der Waals surface area contributed by atoms with Crippen LogP contribution in [0.4, 0.5) is 0 Å². The summed E-state index contributed by atoms with van der Waals surface area (Å²) < 4.78 is 34.0. The highest BCUT2D eigenvalue weighted by atomic mass is 32.2. The minimum atomic E-state index is -3.47. The molecule has 1 aromatic rings. The molecule has 2 N–H and O–H groups in total. The van der Waals surface area contributed by atoms with Crippen LogP contribution in [0, 0.1) is 12.8 Å². The number of nitrogens with zero attached hydrogens (tertiary/aromatic N) is 2. The van der Waals surface area contributed by atoms with Gasteiger partial charge in [0.2, 0.25) is 5.89 Å². The molecule has 0 amide bonds. The molecule has 8 heteroatoms. The smallest absolute Gasteiger partial charge is 0.279 e. The summed E-state index contributed by atoms with van der Waals surface area (Å²) in [4.78, 5) is 4.00. The maximum absolute atomic E-state index is 12.3. The summed E-state index contributed by atoms with van der Waals surface area (Å²) in [5.41, 5.74) is 0. The number of hydrogen-bond donors (Lipinski definition) is 2. The maximum Gasteiger partial charge on any atom is 0.279 e. The van der Waals surface area contributed by atoms with Crippen molar-refractivity contribution in [2.45, 2.75) is 33.2 Å². The first kappa shape index (κ1) is 16.4. The zero-order chi connectivity index (χ0) is 15.3. The van der Waals surface area contributed by atoms with E-state index in [-0.39, 0.29) is 6.54 Å². The molecule has 2 heterocycles. The van der Waals surface area contributed by atoms with Crippen molar-refractivity contribution in [3.05, 3.63) is 17.8 Å². The van der Waals surface area contributed by atoms with E-state index in [9.17, 15) is 8.42 Å². The summed E-state index contributed by atoms with van der Waals surface area (Å²) >= 11 is 0. The zero-order valence-corrected chi connectivity index (χ0v) is 13.4. The molecule has 21 heavy (non-hydrogen) atoms. The van der Waals surface area contributed by atoms with Gasteiger partial charge in [-0.05, 0) is 38.8 Å². The van der Waals surface area contributed by atoms with E-state index in [0.29, 0.717) is 30.7 Å². The number of oxazole rings is 1. The number of aryl methyl sites for hydroxylation is 1. The van der Waals surface area contributed by atoms with E-state index >= 15 is 0 Å². The molecule has 1 aliphatic heterocycles. The van der Waals surface area contributed by atoms with Crippen LogP contribution in [0.25, 0.3) is 0 Å². The van der Waals surface area contributed by atoms with Gasteiger partial charge >= 0.3 is 0 Å². The van der Waals surface area contributed by atoms with Crippen LogP contribution in [-0.2, 0) is 16.8 Å². The lowest BCUT2D eigenvalue weighted by molar-refractivity contribution is 0.258. The molecule has 1 saturated heterocycles. The first-order valence-electron chi connectivity index (χ1n) is 7.38. The highest BCUT2D eigenvalue weighted by Crippen LogP contribution is 2.18. The Bertz CT molecular complexity index is 543. The fourth-order valence-corrected chi connectivity index (χ4v) is 3.75. The van der Waals surface area contributed by atoms with Gasteiger partial charge < -0.3 is 9.73 Å². The third kappa shape index (κ3) is 4.77. The molecule has 0 bridgehead atoms.